The number of nitrogens with two attached hydrogens (primary N) is 1. The lowest BCUT2D eigenvalue weighted by Gasteiger charge is -2.49. The predicted octanol–water partition coefficient (Wildman–Crippen LogP) is 10.3. The number of hydrogen-bond acceptors (Lipinski definition) is 9. The molecule has 1 aromatic rings. The molecule has 0 saturated carbocycles. The van der Waals surface area contributed by atoms with Gasteiger partial charge >= 0.3 is 6.09 Å². The Bertz CT molecular complexity index is 1270. The van der Waals surface area contributed by atoms with Crippen LogP contribution in [0.5, 0.6) is 0 Å². The molecule has 11 heteroatoms. The summed E-state index contributed by atoms with van der Waals surface area (Å²) in [6.07, 6.45) is 22.6. The minimum absolute atomic E-state index is 0.0122. The van der Waals surface area contributed by atoms with E-state index in [-0.39, 0.29) is 37.8 Å². The Balaban J connectivity index is 2.21. The summed E-state index contributed by atoms with van der Waals surface area (Å²) >= 11 is 0. The first-order chi connectivity index (χ1) is 29.6. The molecule has 1 fully saturated rings. The zero-order valence-electron chi connectivity index (χ0n) is 39.0. The highest BCUT2D eigenvalue weighted by molar-refractivity contribution is 5.95. The van der Waals surface area contributed by atoms with Gasteiger partial charge in [-0.1, -0.05) is 206 Å². The van der Waals surface area contributed by atoms with Crippen LogP contribution in [-0.2, 0) is 25.7 Å². The fourth-order valence-corrected chi connectivity index (χ4v) is 8.51. The van der Waals surface area contributed by atoms with Crippen LogP contribution in [-0.4, -0.2) is 92.8 Å². The molecule has 61 heavy (non-hydrogen) atoms. The third kappa shape index (κ3) is 22.1. The van der Waals surface area contributed by atoms with Crippen LogP contribution < -0.4 is 5.73 Å². The molecular formula is C50H89N3O8. The van der Waals surface area contributed by atoms with Crippen LogP contribution in [0, 0.1) is 5.92 Å². The minimum Gasteiger partial charge on any atom is -0.444 e. The first kappa shape index (κ1) is 54.6. The number of hydrogen-bond donors (Lipinski definition) is 4. The average Bonchev–Trinajstić information content (AvgIpc) is 3.25. The molecule has 1 aliphatic rings. The molecule has 0 aliphatic carbocycles. The summed E-state index contributed by atoms with van der Waals surface area (Å²) in [6, 6.07) is 6.35. The van der Waals surface area contributed by atoms with Gasteiger partial charge in [-0.3, -0.25) is 9.59 Å². The molecular weight excluding hydrogens is 771 g/mol. The zero-order valence-corrected chi connectivity index (χ0v) is 39.0. The van der Waals surface area contributed by atoms with Gasteiger partial charge in [0, 0.05) is 13.0 Å². The second kappa shape index (κ2) is 33.9. The number of imide groups is 1. The molecule has 1 saturated heterocycles. The summed E-state index contributed by atoms with van der Waals surface area (Å²) in [4.78, 5) is 44.9. The van der Waals surface area contributed by atoms with Gasteiger partial charge in [-0.15, -0.1) is 0 Å². The van der Waals surface area contributed by atoms with Crippen LogP contribution in [0.15, 0.2) is 30.3 Å². The SMILES string of the molecule is CCCCCCCCCCCCCCCCCCN(C(=O)CCCCCCCCCCC)[C@@H]1O[C@H](CO)[C@H](O)[C@H](O)[C@H]1N(C(=O)OCc1ccccc1)C(=O)[C@@H](N)CC(C)C. The van der Waals surface area contributed by atoms with Crippen molar-refractivity contribution in [2.24, 2.45) is 11.7 Å². The molecule has 11 nitrogen and oxygen atoms in total. The Morgan fingerprint density at radius 1 is 0.689 bits per heavy atom. The number of unbranched alkanes of at least 4 members (excludes halogenated alkanes) is 23. The normalized spacial score (nSPS) is 19.5. The zero-order chi connectivity index (χ0) is 44.7. The number of carbonyl (C=O) groups is 3. The van der Waals surface area contributed by atoms with Gasteiger partial charge in [0.1, 0.15) is 31.0 Å². The summed E-state index contributed by atoms with van der Waals surface area (Å²) in [6.45, 7) is 7.76. The van der Waals surface area contributed by atoms with Crippen LogP contribution in [0.3, 0.4) is 0 Å². The number of ether oxygens (including phenoxy) is 2. The lowest BCUT2D eigenvalue weighted by molar-refractivity contribution is -0.245. The summed E-state index contributed by atoms with van der Waals surface area (Å²) in [5, 5.41) is 33.3. The first-order valence-electron chi connectivity index (χ1n) is 24.8. The van der Waals surface area contributed by atoms with Crippen LogP contribution >= 0.6 is 0 Å². The molecule has 0 bridgehead atoms. The molecule has 1 aliphatic heterocycles. The van der Waals surface area contributed by atoms with E-state index < -0.39 is 55.2 Å². The number of rotatable bonds is 35. The van der Waals surface area contributed by atoms with Crippen LogP contribution in [0.2, 0.25) is 0 Å². The molecule has 0 unspecified atom stereocenters. The number of benzene rings is 1. The van der Waals surface area contributed by atoms with E-state index in [0.717, 1.165) is 43.4 Å². The topological polar surface area (TPSA) is 163 Å². The Morgan fingerprint density at radius 3 is 1.61 bits per heavy atom. The highest BCUT2D eigenvalue weighted by Gasteiger charge is 2.53. The molecule has 5 N–H and O–H groups in total. The fourth-order valence-electron chi connectivity index (χ4n) is 8.51. The third-order valence-corrected chi connectivity index (χ3v) is 12.2. The van der Waals surface area contributed by atoms with E-state index in [1.807, 2.05) is 19.9 Å². The molecule has 2 rings (SSSR count). The van der Waals surface area contributed by atoms with E-state index in [4.69, 9.17) is 15.2 Å². The van der Waals surface area contributed by atoms with Gasteiger partial charge < -0.3 is 35.4 Å². The van der Waals surface area contributed by atoms with Crippen molar-refractivity contribution in [1.82, 2.24) is 9.80 Å². The van der Waals surface area contributed by atoms with Crippen molar-refractivity contribution in [3.05, 3.63) is 35.9 Å². The maximum atomic E-state index is 14.3. The molecule has 6 atom stereocenters. The Morgan fingerprint density at radius 2 is 1.15 bits per heavy atom. The molecule has 0 spiro atoms. The number of aliphatic hydroxyl groups is 3. The third-order valence-electron chi connectivity index (χ3n) is 12.2. The second-order valence-electron chi connectivity index (χ2n) is 18.2. The van der Waals surface area contributed by atoms with Gasteiger partial charge in [-0.2, -0.15) is 0 Å². The Kier molecular flexibility index (Phi) is 30.3. The Labute approximate surface area is 370 Å². The van der Waals surface area contributed by atoms with Gasteiger partial charge in [0.25, 0.3) is 0 Å². The van der Waals surface area contributed by atoms with Crippen LogP contribution in [0.4, 0.5) is 4.79 Å². The minimum atomic E-state index is -1.76. The number of amides is 3. The smallest absolute Gasteiger partial charge is 0.417 e. The van der Waals surface area contributed by atoms with E-state index in [1.54, 1.807) is 24.3 Å². The first-order valence-corrected chi connectivity index (χ1v) is 24.8. The van der Waals surface area contributed by atoms with Gasteiger partial charge in [0.05, 0.1) is 12.6 Å². The quantitative estimate of drug-likeness (QED) is 0.0487. The molecule has 1 heterocycles. The molecule has 1 aromatic carbocycles. The van der Waals surface area contributed by atoms with Crippen molar-refractivity contribution in [1.29, 1.82) is 0 Å². The van der Waals surface area contributed by atoms with Gasteiger partial charge in [0.15, 0.2) is 6.23 Å². The maximum Gasteiger partial charge on any atom is 0.417 e. The van der Waals surface area contributed by atoms with Gasteiger partial charge in [-0.25, -0.2) is 9.69 Å². The average molecular weight is 860 g/mol. The van der Waals surface area contributed by atoms with Crippen molar-refractivity contribution in [2.75, 3.05) is 13.2 Å². The van der Waals surface area contributed by atoms with E-state index >= 15 is 0 Å². The number of aliphatic hydroxyl groups excluding tert-OH is 3. The number of nitrogens with zero attached hydrogens (tertiary/aromatic N) is 2. The van der Waals surface area contributed by atoms with Gasteiger partial charge in [0.2, 0.25) is 11.8 Å². The fraction of sp³-hybridized carbons (Fsp3) is 0.820. The largest absolute Gasteiger partial charge is 0.444 e. The lowest BCUT2D eigenvalue weighted by Crippen LogP contribution is -2.71. The Hall–Kier alpha value is -2.57. The van der Waals surface area contributed by atoms with Crippen molar-refractivity contribution in [2.45, 2.75) is 244 Å². The van der Waals surface area contributed by atoms with Crippen LogP contribution in [0.25, 0.3) is 0 Å². The summed E-state index contributed by atoms with van der Waals surface area (Å²) in [5.41, 5.74) is 7.11. The number of carbonyl (C=O) groups excluding carboxylic acids is 3. The van der Waals surface area contributed by atoms with Crippen molar-refractivity contribution >= 4 is 17.9 Å². The maximum absolute atomic E-state index is 14.3. The summed E-state index contributed by atoms with van der Waals surface area (Å²) in [7, 11) is 0. The van der Waals surface area contributed by atoms with E-state index in [2.05, 4.69) is 13.8 Å². The monoisotopic (exact) mass is 860 g/mol. The predicted molar refractivity (Wildman–Crippen MR) is 246 cm³/mol. The summed E-state index contributed by atoms with van der Waals surface area (Å²) < 4.78 is 12.0. The van der Waals surface area contributed by atoms with Gasteiger partial charge in [-0.05, 0) is 30.7 Å². The van der Waals surface area contributed by atoms with Crippen molar-refractivity contribution in [3.63, 3.8) is 0 Å². The van der Waals surface area contributed by atoms with Crippen molar-refractivity contribution < 1.29 is 39.2 Å². The molecule has 3 amide bonds. The standard InChI is InChI=1S/C50H89N3O8/c1-5-7-9-11-13-15-16-17-18-19-20-21-23-25-27-32-36-52(44(55)35-31-26-24-22-14-12-10-8-6-2)49-45(47(57)46(56)43(38-54)61-49)53(48(58)42(51)37-40(3)4)50(59)60-39-41-33-29-28-30-34-41/h28-30,33-34,40,42-43,45-47,49,54,56-57H,5-27,31-32,35-39,51H2,1-4H3/t42-,43+,45+,46-,47+,49+/m0/s1. The van der Waals surface area contributed by atoms with Crippen LogP contribution in [0.1, 0.15) is 207 Å². The summed E-state index contributed by atoms with van der Waals surface area (Å²) in [5.74, 6) is -1.01. The van der Waals surface area contributed by atoms with E-state index in [1.165, 1.54) is 114 Å². The van der Waals surface area contributed by atoms with Crippen molar-refractivity contribution in [3.8, 4) is 0 Å². The lowest BCUT2D eigenvalue weighted by atomic mass is 9.92. The molecule has 0 aromatic heterocycles. The van der Waals surface area contributed by atoms with E-state index in [0.29, 0.717) is 18.4 Å². The molecule has 0 radical (unpaired) electrons. The molecule has 352 valence electrons. The van der Waals surface area contributed by atoms with E-state index in [9.17, 15) is 29.7 Å². The highest BCUT2D eigenvalue weighted by atomic mass is 16.6. The highest BCUT2D eigenvalue weighted by Crippen LogP contribution is 2.31. The second-order valence-corrected chi connectivity index (χ2v) is 18.2.